The molecule has 1 aliphatic carbocycles. The SMILES string of the molecule is CCCNC1CCC(c2nc(CCN(C)C)no2)CC1. The molecule has 0 bridgehead atoms. The number of nitrogens with one attached hydrogen (secondary N) is 1. The molecule has 1 heterocycles. The molecule has 1 fully saturated rings. The van der Waals surface area contributed by atoms with E-state index in [4.69, 9.17) is 4.52 Å². The van der Waals surface area contributed by atoms with Crippen LogP contribution in [0.2, 0.25) is 0 Å². The van der Waals surface area contributed by atoms with Crippen LogP contribution in [0.5, 0.6) is 0 Å². The molecule has 0 aromatic carbocycles. The largest absolute Gasteiger partial charge is 0.339 e. The molecule has 1 aliphatic rings. The highest BCUT2D eigenvalue weighted by Gasteiger charge is 2.26. The minimum atomic E-state index is 0.468. The van der Waals surface area contributed by atoms with Crippen molar-refractivity contribution >= 4 is 0 Å². The van der Waals surface area contributed by atoms with Crippen molar-refractivity contribution < 1.29 is 4.52 Å². The highest BCUT2D eigenvalue weighted by atomic mass is 16.5. The molecule has 114 valence electrons. The smallest absolute Gasteiger partial charge is 0.229 e. The van der Waals surface area contributed by atoms with Crippen LogP contribution >= 0.6 is 0 Å². The van der Waals surface area contributed by atoms with Gasteiger partial charge in [-0.15, -0.1) is 0 Å². The van der Waals surface area contributed by atoms with Crippen LogP contribution in [-0.2, 0) is 6.42 Å². The topological polar surface area (TPSA) is 54.2 Å². The molecule has 1 aromatic rings. The van der Waals surface area contributed by atoms with Gasteiger partial charge in [0.2, 0.25) is 5.89 Å². The van der Waals surface area contributed by atoms with Gasteiger partial charge in [-0.25, -0.2) is 0 Å². The summed E-state index contributed by atoms with van der Waals surface area (Å²) >= 11 is 0. The van der Waals surface area contributed by atoms with Crippen molar-refractivity contribution in [2.24, 2.45) is 0 Å². The number of nitrogens with zero attached hydrogens (tertiary/aromatic N) is 3. The Labute approximate surface area is 122 Å². The molecular weight excluding hydrogens is 252 g/mol. The van der Waals surface area contributed by atoms with E-state index in [2.05, 4.69) is 41.4 Å². The maximum Gasteiger partial charge on any atom is 0.229 e. The molecule has 0 spiro atoms. The predicted molar refractivity (Wildman–Crippen MR) is 79.8 cm³/mol. The summed E-state index contributed by atoms with van der Waals surface area (Å²) in [4.78, 5) is 6.71. The number of hydrogen-bond donors (Lipinski definition) is 1. The third kappa shape index (κ3) is 4.56. The van der Waals surface area contributed by atoms with E-state index in [-0.39, 0.29) is 0 Å². The van der Waals surface area contributed by atoms with E-state index in [0.717, 1.165) is 44.1 Å². The van der Waals surface area contributed by atoms with Gasteiger partial charge in [-0.3, -0.25) is 0 Å². The van der Waals surface area contributed by atoms with Crippen LogP contribution in [0.15, 0.2) is 4.52 Å². The Bertz CT molecular complexity index is 383. The second-order valence-electron chi connectivity index (χ2n) is 6.10. The molecule has 1 N–H and O–H groups in total. The summed E-state index contributed by atoms with van der Waals surface area (Å²) < 4.78 is 5.45. The van der Waals surface area contributed by atoms with E-state index in [9.17, 15) is 0 Å². The molecule has 1 aromatic heterocycles. The van der Waals surface area contributed by atoms with E-state index >= 15 is 0 Å². The summed E-state index contributed by atoms with van der Waals surface area (Å²) in [6, 6.07) is 0.683. The summed E-state index contributed by atoms with van der Waals surface area (Å²) in [6.45, 7) is 4.31. The first-order valence-corrected chi connectivity index (χ1v) is 7.89. The molecule has 0 amide bonds. The molecular formula is C15H28N4O. The average molecular weight is 280 g/mol. The van der Waals surface area contributed by atoms with Crippen molar-refractivity contribution in [2.75, 3.05) is 27.2 Å². The van der Waals surface area contributed by atoms with Gasteiger partial charge in [-0.2, -0.15) is 4.98 Å². The van der Waals surface area contributed by atoms with Crippen molar-refractivity contribution in [3.05, 3.63) is 11.7 Å². The average Bonchev–Trinajstić information content (AvgIpc) is 2.92. The standard InChI is InChI=1S/C15H28N4O/c1-4-10-16-13-7-5-12(6-8-13)15-17-14(18-20-15)9-11-19(2)3/h12-13,16H,4-11H2,1-3H3. The summed E-state index contributed by atoms with van der Waals surface area (Å²) in [5.41, 5.74) is 0. The maximum absolute atomic E-state index is 5.45. The molecule has 20 heavy (non-hydrogen) atoms. The molecule has 0 aliphatic heterocycles. The molecule has 5 nitrogen and oxygen atoms in total. The lowest BCUT2D eigenvalue weighted by Gasteiger charge is -2.27. The van der Waals surface area contributed by atoms with Crippen LogP contribution in [0.1, 0.15) is 56.7 Å². The van der Waals surface area contributed by atoms with Gasteiger partial charge in [-0.05, 0) is 52.7 Å². The molecule has 1 saturated carbocycles. The minimum Gasteiger partial charge on any atom is -0.339 e. The summed E-state index contributed by atoms with van der Waals surface area (Å²) in [5.74, 6) is 2.17. The Morgan fingerprint density at radius 3 is 2.65 bits per heavy atom. The third-order valence-corrected chi connectivity index (χ3v) is 4.03. The molecule has 0 saturated heterocycles. The highest BCUT2D eigenvalue weighted by Crippen LogP contribution is 2.31. The third-order valence-electron chi connectivity index (χ3n) is 4.03. The first-order valence-electron chi connectivity index (χ1n) is 7.89. The van der Waals surface area contributed by atoms with E-state index in [0.29, 0.717) is 12.0 Å². The van der Waals surface area contributed by atoms with Crippen molar-refractivity contribution in [3.63, 3.8) is 0 Å². The van der Waals surface area contributed by atoms with Gasteiger partial charge in [0.25, 0.3) is 0 Å². The van der Waals surface area contributed by atoms with Gasteiger partial charge in [0.15, 0.2) is 5.82 Å². The van der Waals surface area contributed by atoms with Gasteiger partial charge in [0.05, 0.1) is 0 Å². The van der Waals surface area contributed by atoms with Crippen LogP contribution in [-0.4, -0.2) is 48.3 Å². The first-order chi connectivity index (χ1) is 9.69. The number of likely N-dealkylation sites (N-methyl/N-ethyl adjacent to an activating group) is 1. The lowest BCUT2D eigenvalue weighted by Crippen LogP contribution is -2.33. The van der Waals surface area contributed by atoms with Crippen molar-refractivity contribution in [1.82, 2.24) is 20.4 Å². The van der Waals surface area contributed by atoms with Crippen LogP contribution in [0.4, 0.5) is 0 Å². The molecule has 0 unspecified atom stereocenters. The fourth-order valence-corrected chi connectivity index (χ4v) is 2.75. The Hall–Kier alpha value is -0.940. The fraction of sp³-hybridized carbons (Fsp3) is 0.867. The summed E-state index contributed by atoms with van der Waals surface area (Å²) in [7, 11) is 4.12. The zero-order valence-corrected chi connectivity index (χ0v) is 13.1. The second-order valence-corrected chi connectivity index (χ2v) is 6.10. The van der Waals surface area contributed by atoms with E-state index in [1.165, 1.54) is 19.3 Å². The van der Waals surface area contributed by atoms with Gasteiger partial charge in [0.1, 0.15) is 0 Å². The number of aromatic nitrogens is 2. The van der Waals surface area contributed by atoms with Gasteiger partial charge in [0, 0.05) is 24.9 Å². The minimum absolute atomic E-state index is 0.468. The second kappa shape index (κ2) is 7.74. The summed E-state index contributed by atoms with van der Waals surface area (Å²) in [5, 5.41) is 7.71. The predicted octanol–water partition coefficient (Wildman–Crippen LogP) is 2.20. The van der Waals surface area contributed by atoms with Crippen molar-refractivity contribution in [2.45, 2.75) is 57.4 Å². The van der Waals surface area contributed by atoms with E-state index in [1.54, 1.807) is 0 Å². The van der Waals surface area contributed by atoms with Crippen LogP contribution < -0.4 is 5.32 Å². The highest BCUT2D eigenvalue weighted by molar-refractivity contribution is 4.97. The van der Waals surface area contributed by atoms with Crippen LogP contribution in [0, 0.1) is 0 Å². The molecule has 0 radical (unpaired) electrons. The zero-order valence-electron chi connectivity index (χ0n) is 13.1. The molecule has 5 heteroatoms. The fourth-order valence-electron chi connectivity index (χ4n) is 2.75. The lowest BCUT2D eigenvalue weighted by atomic mass is 9.86. The monoisotopic (exact) mass is 280 g/mol. The first kappa shape index (κ1) is 15.4. The zero-order chi connectivity index (χ0) is 14.4. The molecule has 0 atom stereocenters. The summed E-state index contributed by atoms with van der Waals surface area (Å²) in [6.07, 6.45) is 6.84. The Kier molecular flexibility index (Phi) is 5.98. The Morgan fingerprint density at radius 2 is 2.00 bits per heavy atom. The van der Waals surface area contributed by atoms with E-state index < -0.39 is 0 Å². The van der Waals surface area contributed by atoms with Crippen LogP contribution in [0.25, 0.3) is 0 Å². The quantitative estimate of drug-likeness (QED) is 0.830. The maximum atomic E-state index is 5.45. The number of rotatable bonds is 7. The lowest BCUT2D eigenvalue weighted by molar-refractivity contribution is 0.282. The van der Waals surface area contributed by atoms with Crippen molar-refractivity contribution in [1.29, 1.82) is 0 Å². The van der Waals surface area contributed by atoms with Gasteiger partial charge in [-0.1, -0.05) is 12.1 Å². The van der Waals surface area contributed by atoms with Crippen LogP contribution in [0.3, 0.4) is 0 Å². The van der Waals surface area contributed by atoms with Gasteiger partial charge >= 0.3 is 0 Å². The van der Waals surface area contributed by atoms with Crippen molar-refractivity contribution in [3.8, 4) is 0 Å². The van der Waals surface area contributed by atoms with E-state index in [1.807, 2.05) is 0 Å². The normalized spacial score (nSPS) is 23.4. The molecule has 2 rings (SSSR count). The Balaban J connectivity index is 1.78. The number of hydrogen-bond acceptors (Lipinski definition) is 5. The van der Waals surface area contributed by atoms with Gasteiger partial charge < -0.3 is 14.7 Å². The Morgan fingerprint density at radius 1 is 1.25 bits per heavy atom.